The van der Waals surface area contributed by atoms with Crippen molar-refractivity contribution in [2.24, 2.45) is 0 Å². The number of aliphatic hydroxyl groups is 3. The maximum atomic E-state index is 10.3. The Morgan fingerprint density at radius 2 is 1.92 bits per heavy atom. The highest BCUT2D eigenvalue weighted by atomic mass is 16.4. The maximum Gasteiger partial charge on any atom is 0.151 e. The highest BCUT2D eigenvalue weighted by molar-refractivity contribution is 5.58. The molecule has 0 bridgehead atoms. The van der Waals surface area contributed by atoms with Gasteiger partial charge in [0.2, 0.25) is 0 Å². The molecule has 0 radical (unpaired) electrons. The highest BCUT2D eigenvalue weighted by Crippen LogP contribution is 2.16. The van der Waals surface area contributed by atoms with Crippen LogP contribution in [0, 0.1) is 0 Å². The third-order valence-electron chi connectivity index (χ3n) is 2.15. The van der Waals surface area contributed by atoms with Crippen LogP contribution < -0.4 is 5.32 Å². The summed E-state index contributed by atoms with van der Waals surface area (Å²) in [6.45, 7) is 2.76. The molecule has 0 aliphatic carbocycles. The van der Waals surface area contributed by atoms with Crippen LogP contribution in [-0.2, 0) is 4.79 Å². The number of carbonyl (C=O) groups excluding carboxylic acids is 1. The van der Waals surface area contributed by atoms with Crippen LogP contribution in [0.1, 0.15) is 13.8 Å². The molecule has 0 aliphatic heterocycles. The minimum Gasteiger partial charge on any atom is -0.392 e. The normalized spacial score (nSPS) is 22.9. The van der Waals surface area contributed by atoms with E-state index in [0.29, 0.717) is 0 Å². The number of likely N-dealkylation sites (N-methyl/N-ethyl adjacent to an activating group) is 1. The van der Waals surface area contributed by atoms with Crippen molar-refractivity contribution in [1.29, 1.82) is 0 Å². The molecule has 0 aromatic heterocycles. The molecule has 0 saturated carbocycles. The summed E-state index contributed by atoms with van der Waals surface area (Å²) in [6.07, 6.45) is -2.14. The molecule has 0 aliphatic rings. The molecule has 5 nitrogen and oxygen atoms in total. The first-order chi connectivity index (χ1) is 5.87. The van der Waals surface area contributed by atoms with Gasteiger partial charge in [-0.3, -0.25) is 0 Å². The second kappa shape index (κ2) is 4.66. The fraction of sp³-hybridized carbons (Fsp3) is 0.875. The monoisotopic (exact) mass is 191 g/mol. The van der Waals surface area contributed by atoms with E-state index in [9.17, 15) is 15.0 Å². The summed E-state index contributed by atoms with van der Waals surface area (Å²) in [4.78, 5) is 10.3. The summed E-state index contributed by atoms with van der Waals surface area (Å²) in [5.74, 6) is 0. The van der Waals surface area contributed by atoms with Gasteiger partial charge >= 0.3 is 0 Å². The van der Waals surface area contributed by atoms with Crippen LogP contribution in [0.5, 0.6) is 0 Å². The van der Waals surface area contributed by atoms with Gasteiger partial charge in [-0.2, -0.15) is 0 Å². The summed E-state index contributed by atoms with van der Waals surface area (Å²) < 4.78 is 0. The van der Waals surface area contributed by atoms with Gasteiger partial charge in [-0.1, -0.05) is 0 Å². The van der Waals surface area contributed by atoms with Gasteiger partial charge in [-0.25, -0.2) is 0 Å². The lowest BCUT2D eigenvalue weighted by molar-refractivity contribution is -0.137. The smallest absolute Gasteiger partial charge is 0.151 e. The number of hydrogen-bond donors (Lipinski definition) is 4. The zero-order valence-electron chi connectivity index (χ0n) is 8.06. The Hall–Kier alpha value is -0.490. The highest BCUT2D eigenvalue weighted by Gasteiger charge is 2.40. The zero-order chi connectivity index (χ0) is 10.6. The van der Waals surface area contributed by atoms with Crippen molar-refractivity contribution in [3.63, 3.8) is 0 Å². The SMILES string of the molecule is CN[C@@H]([C@H](C)O)[C@@](C)(O)[C@@H](O)C=O. The third-order valence-corrected chi connectivity index (χ3v) is 2.15. The zero-order valence-corrected chi connectivity index (χ0v) is 8.06. The Morgan fingerprint density at radius 1 is 1.46 bits per heavy atom. The van der Waals surface area contributed by atoms with Crippen LogP contribution >= 0.6 is 0 Å². The Bertz CT molecular complexity index is 170. The number of hydrogen-bond acceptors (Lipinski definition) is 5. The van der Waals surface area contributed by atoms with Gasteiger partial charge in [0, 0.05) is 0 Å². The molecule has 78 valence electrons. The van der Waals surface area contributed by atoms with E-state index < -0.39 is 23.9 Å². The van der Waals surface area contributed by atoms with E-state index in [1.807, 2.05) is 0 Å². The van der Waals surface area contributed by atoms with E-state index in [-0.39, 0.29) is 6.29 Å². The minimum absolute atomic E-state index is 0.243. The fourth-order valence-corrected chi connectivity index (χ4v) is 1.34. The van der Waals surface area contributed by atoms with Crippen LogP contribution in [0.15, 0.2) is 0 Å². The van der Waals surface area contributed by atoms with E-state index in [1.54, 1.807) is 0 Å². The quantitative estimate of drug-likeness (QED) is 0.388. The summed E-state index contributed by atoms with van der Waals surface area (Å²) >= 11 is 0. The summed E-state index contributed by atoms with van der Waals surface area (Å²) in [5, 5.41) is 30.8. The molecule has 4 atom stereocenters. The van der Waals surface area contributed by atoms with Crippen molar-refractivity contribution in [2.75, 3.05) is 7.05 Å². The lowest BCUT2D eigenvalue weighted by atomic mass is 9.88. The largest absolute Gasteiger partial charge is 0.392 e. The van der Waals surface area contributed by atoms with Crippen molar-refractivity contribution in [3.8, 4) is 0 Å². The molecule has 4 N–H and O–H groups in total. The van der Waals surface area contributed by atoms with E-state index in [1.165, 1.54) is 20.9 Å². The third kappa shape index (κ3) is 2.73. The van der Waals surface area contributed by atoms with Gasteiger partial charge in [0.15, 0.2) is 6.29 Å². The molecular weight excluding hydrogens is 174 g/mol. The molecule has 5 heteroatoms. The van der Waals surface area contributed by atoms with Crippen LogP contribution in [-0.4, -0.2) is 52.5 Å². The standard InChI is InChI=1S/C8H17NO4/c1-5(11)7(9-3)8(2,13)6(12)4-10/h4-7,9,11-13H,1-3H3/t5-,6-,7-,8-/m0/s1. The van der Waals surface area contributed by atoms with Gasteiger partial charge in [0.25, 0.3) is 0 Å². The van der Waals surface area contributed by atoms with Crippen molar-refractivity contribution < 1.29 is 20.1 Å². The van der Waals surface area contributed by atoms with Gasteiger partial charge in [-0.05, 0) is 20.9 Å². The van der Waals surface area contributed by atoms with Gasteiger partial charge < -0.3 is 25.4 Å². The first kappa shape index (κ1) is 12.5. The topological polar surface area (TPSA) is 89.8 Å². The fourth-order valence-electron chi connectivity index (χ4n) is 1.34. The van der Waals surface area contributed by atoms with Crippen molar-refractivity contribution in [2.45, 2.75) is 37.7 Å². The molecule has 0 saturated heterocycles. The van der Waals surface area contributed by atoms with E-state index in [4.69, 9.17) is 5.11 Å². The molecule has 0 amide bonds. The summed E-state index contributed by atoms with van der Waals surface area (Å²) in [7, 11) is 1.53. The summed E-state index contributed by atoms with van der Waals surface area (Å²) in [6, 6.07) is -0.757. The molecule has 0 aromatic carbocycles. The second-order valence-corrected chi connectivity index (χ2v) is 3.31. The first-order valence-corrected chi connectivity index (χ1v) is 4.09. The van der Waals surface area contributed by atoms with Gasteiger partial charge in [-0.15, -0.1) is 0 Å². The van der Waals surface area contributed by atoms with E-state index >= 15 is 0 Å². The van der Waals surface area contributed by atoms with Crippen LogP contribution in [0.3, 0.4) is 0 Å². The molecule has 13 heavy (non-hydrogen) atoms. The molecule has 0 spiro atoms. The van der Waals surface area contributed by atoms with Crippen LogP contribution in [0.25, 0.3) is 0 Å². The Balaban J connectivity index is 4.65. The molecule has 0 aromatic rings. The average Bonchev–Trinajstić information content (AvgIpc) is 2.02. The van der Waals surface area contributed by atoms with Crippen LogP contribution in [0.2, 0.25) is 0 Å². The predicted molar refractivity (Wildman–Crippen MR) is 47.2 cm³/mol. The predicted octanol–water partition coefficient (Wildman–Crippen LogP) is -1.73. The molecular formula is C8H17NO4. The number of carbonyl (C=O) groups is 1. The van der Waals surface area contributed by atoms with Crippen molar-refractivity contribution in [3.05, 3.63) is 0 Å². The van der Waals surface area contributed by atoms with E-state index in [2.05, 4.69) is 5.32 Å². The van der Waals surface area contributed by atoms with Gasteiger partial charge in [0.1, 0.15) is 11.7 Å². The number of rotatable bonds is 5. The maximum absolute atomic E-state index is 10.3. The van der Waals surface area contributed by atoms with Gasteiger partial charge in [0.05, 0.1) is 12.1 Å². The Morgan fingerprint density at radius 3 is 2.15 bits per heavy atom. The Labute approximate surface area is 77.4 Å². The molecule has 0 fully saturated rings. The van der Waals surface area contributed by atoms with E-state index in [0.717, 1.165) is 0 Å². The first-order valence-electron chi connectivity index (χ1n) is 4.09. The number of aldehydes is 1. The lowest BCUT2D eigenvalue weighted by Crippen LogP contribution is -2.60. The van der Waals surface area contributed by atoms with Crippen molar-refractivity contribution >= 4 is 6.29 Å². The molecule has 0 heterocycles. The second-order valence-electron chi connectivity index (χ2n) is 3.31. The lowest BCUT2D eigenvalue weighted by Gasteiger charge is -2.36. The Kier molecular flexibility index (Phi) is 4.49. The summed E-state index contributed by atoms with van der Waals surface area (Å²) in [5.41, 5.74) is -1.68. The average molecular weight is 191 g/mol. The number of nitrogens with one attached hydrogen (secondary N) is 1. The molecule has 0 rings (SSSR count). The minimum atomic E-state index is -1.68. The van der Waals surface area contributed by atoms with Crippen LogP contribution in [0.4, 0.5) is 0 Å². The number of aliphatic hydroxyl groups excluding tert-OH is 2. The molecule has 0 unspecified atom stereocenters. The van der Waals surface area contributed by atoms with Crippen molar-refractivity contribution in [1.82, 2.24) is 5.32 Å².